The molecule has 6 nitrogen and oxygen atoms in total. The number of nitrogens with one attached hydrogen (secondary N) is 1. The van der Waals surface area contributed by atoms with Gasteiger partial charge in [-0.15, -0.1) is 0 Å². The van der Waals surface area contributed by atoms with Crippen molar-refractivity contribution in [3.8, 4) is 0 Å². The van der Waals surface area contributed by atoms with Crippen LogP contribution in [0.1, 0.15) is 33.9 Å². The molecule has 10 heteroatoms. The van der Waals surface area contributed by atoms with Gasteiger partial charge in [-0.05, 0) is 45.4 Å². The van der Waals surface area contributed by atoms with Crippen LogP contribution in [-0.4, -0.2) is 25.5 Å². The summed E-state index contributed by atoms with van der Waals surface area (Å²) >= 11 is 6.11. The minimum Gasteiger partial charge on any atom is -0.321 e. The lowest BCUT2D eigenvalue weighted by molar-refractivity contribution is -0.137. The second kappa shape index (κ2) is 8.14. The summed E-state index contributed by atoms with van der Waals surface area (Å²) in [6.07, 6.45) is -4.41. The highest BCUT2D eigenvalue weighted by atomic mass is 35.5. The van der Waals surface area contributed by atoms with E-state index < -0.39 is 11.7 Å². The average Bonchev–Trinajstić information content (AvgIpc) is 3.06. The van der Waals surface area contributed by atoms with Crippen LogP contribution < -0.4 is 5.32 Å². The summed E-state index contributed by atoms with van der Waals surface area (Å²) in [4.78, 5) is 12.5. The molecular formula is C20H21ClF3N5O. The Morgan fingerprint density at radius 3 is 2.33 bits per heavy atom. The van der Waals surface area contributed by atoms with Gasteiger partial charge in [0.25, 0.3) is 0 Å². The van der Waals surface area contributed by atoms with Crippen LogP contribution in [0, 0.1) is 27.7 Å². The van der Waals surface area contributed by atoms with Crippen LogP contribution in [0.4, 0.5) is 18.9 Å². The van der Waals surface area contributed by atoms with Crippen LogP contribution in [0.2, 0.25) is 5.02 Å². The van der Waals surface area contributed by atoms with Gasteiger partial charge in [0.15, 0.2) is 0 Å². The number of carbonyl (C=O) groups is 1. The van der Waals surface area contributed by atoms with Crippen molar-refractivity contribution in [1.82, 2.24) is 19.6 Å². The molecule has 0 aliphatic rings. The van der Waals surface area contributed by atoms with Crippen LogP contribution in [0.15, 0.2) is 24.3 Å². The largest absolute Gasteiger partial charge is 0.416 e. The molecule has 0 aliphatic carbocycles. The number of aromatic nitrogens is 4. The number of carbonyl (C=O) groups excluding carboxylic acids is 1. The van der Waals surface area contributed by atoms with Gasteiger partial charge in [0.2, 0.25) is 5.91 Å². The molecule has 1 aromatic carbocycles. The quantitative estimate of drug-likeness (QED) is 0.628. The zero-order valence-corrected chi connectivity index (χ0v) is 17.7. The third kappa shape index (κ3) is 4.51. The topological polar surface area (TPSA) is 64.7 Å². The lowest BCUT2D eigenvalue weighted by Crippen LogP contribution is -2.21. The van der Waals surface area contributed by atoms with E-state index in [1.165, 1.54) is 10.7 Å². The molecule has 0 saturated heterocycles. The summed E-state index contributed by atoms with van der Waals surface area (Å²) in [6.45, 7) is 7.15. The van der Waals surface area contributed by atoms with E-state index in [4.69, 9.17) is 11.6 Å². The zero-order valence-electron chi connectivity index (χ0n) is 16.9. The Balaban J connectivity index is 1.77. The van der Waals surface area contributed by atoms with Crippen molar-refractivity contribution in [3.63, 3.8) is 0 Å². The fourth-order valence-electron chi connectivity index (χ4n) is 3.19. The van der Waals surface area contributed by atoms with Gasteiger partial charge in [0.05, 0.1) is 45.6 Å². The standard InChI is InChI=1S/C20H21ClF3N5O/c1-11-18(21)13(3)29(26-11)10-17(30)25-19-12(2)27-28(14(19)4)9-15-6-5-7-16(8-15)20(22,23)24/h5-8H,9-10H2,1-4H3,(H,25,30). The lowest BCUT2D eigenvalue weighted by Gasteiger charge is -2.10. The van der Waals surface area contributed by atoms with Crippen LogP contribution in [0.3, 0.4) is 0 Å². The van der Waals surface area contributed by atoms with Gasteiger partial charge in [0, 0.05) is 0 Å². The van der Waals surface area contributed by atoms with Crippen LogP contribution in [-0.2, 0) is 24.1 Å². The number of anilines is 1. The number of halogens is 4. The maximum absolute atomic E-state index is 12.9. The number of hydrogen-bond acceptors (Lipinski definition) is 3. The van der Waals surface area contributed by atoms with Gasteiger partial charge < -0.3 is 5.32 Å². The molecule has 0 unspecified atom stereocenters. The molecule has 0 saturated carbocycles. The van der Waals surface area contributed by atoms with Crippen LogP contribution in [0.5, 0.6) is 0 Å². The number of benzene rings is 1. The summed E-state index contributed by atoms with van der Waals surface area (Å²) in [5.41, 5.74) is 2.83. The van der Waals surface area contributed by atoms with Crippen molar-refractivity contribution in [3.05, 3.63) is 63.2 Å². The van der Waals surface area contributed by atoms with Crippen molar-refractivity contribution < 1.29 is 18.0 Å². The van der Waals surface area contributed by atoms with E-state index in [9.17, 15) is 18.0 Å². The fraction of sp³-hybridized carbons (Fsp3) is 0.350. The second-order valence-corrected chi connectivity index (χ2v) is 7.47. The predicted molar refractivity (Wildman–Crippen MR) is 108 cm³/mol. The molecule has 0 radical (unpaired) electrons. The first-order valence-electron chi connectivity index (χ1n) is 9.17. The van der Waals surface area contributed by atoms with Crippen LogP contribution in [0.25, 0.3) is 0 Å². The summed E-state index contributed by atoms with van der Waals surface area (Å²) in [5, 5.41) is 11.9. The Bertz CT molecular complexity index is 1100. The van der Waals surface area contributed by atoms with E-state index in [0.717, 1.165) is 12.1 Å². The molecule has 160 valence electrons. The third-order valence-electron chi connectivity index (χ3n) is 4.82. The minimum absolute atomic E-state index is 0.0168. The number of nitrogens with zero attached hydrogens (tertiary/aromatic N) is 4. The molecular weight excluding hydrogens is 419 g/mol. The van der Waals surface area contributed by atoms with E-state index in [0.29, 0.717) is 39.0 Å². The van der Waals surface area contributed by atoms with Gasteiger partial charge in [0.1, 0.15) is 6.54 Å². The molecule has 2 heterocycles. The molecule has 0 spiro atoms. The molecule has 0 atom stereocenters. The molecule has 0 fully saturated rings. The van der Waals surface area contributed by atoms with Crippen molar-refractivity contribution in [1.29, 1.82) is 0 Å². The Morgan fingerprint density at radius 1 is 1.07 bits per heavy atom. The Labute approximate surface area is 176 Å². The van der Waals surface area contributed by atoms with E-state index in [2.05, 4.69) is 15.5 Å². The highest BCUT2D eigenvalue weighted by Gasteiger charge is 2.30. The summed E-state index contributed by atoms with van der Waals surface area (Å²) in [7, 11) is 0. The first kappa shape index (κ1) is 21.9. The molecule has 0 aliphatic heterocycles. The fourth-order valence-corrected chi connectivity index (χ4v) is 3.33. The van der Waals surface area contributed by atoms with E-state index >= 15 is 0 Å². The Kier molecular flexibility index (Phi) is 5.94. The molecule has 2 aromatic heterocycles. The number of hydrogen-bond donors (Lipinski definition) is 1. The van der Waals surface area contributed by atoms with Crippen molar-refractivity contribution in [2.24, 2.45) is 0 Å². The maximum atomic E-state index is 12.9. The van der Waals surface area contributed by atoms with Gasteiger partial charge in [-0.25, -0.2) is 0 Å². The zero-order chi connectivity index (χ0) is 22.2. The smallest absolute Gasteiger partial charge is 0.321 e. The number of alkyl halides is 3. The highest BCUT2D eigenvalue weighted by Crippen LogP contribution is 2.30. The lowest BCUT2D eigenvalue weighted by atomic mass is 10.1. The van der Waals surface area contributed by atoms with Gasteiger partial charge in [-0.2, -0.15) is 23.4 Å². The molecule has 0 bridgehead atoms. The molecule has 30 heavy (non-hydrogen) atoms. The SMILES string of the molecule is Cc1nn(CC(=O)Nc2c(C)nn(Cc3cccc(C(F)(F)F)c3)c2C)c(C)c1Cl. The van der Waals surface area contributed by atoms with Crippen molar-refractivity contribution in [2.75, 3.05) is 5.32 Å². The average molecular weight is 440 g/mol. The number of aryl methyl sites for hydroxylation is 2. The number of rotatable bonds is 5. The molecule has 1 N–H and O–H groups in total. The van der Waals surface area contributed by atoms with E-state index in [1.54, 1.807) is 38.4 Å². The maximum Gasteiger partial charge on any atom is 0.416 e. The summed E-state index contributed by atoms with van der Waals surface area (Å²) in [5.74, 6) is -0.304. The van der Waals surface area contributed by atoms with Crippen LogP contribution >= 0.6 is 11.6 Å². The molecule has 3 aromatic rings. The van der Waals surface area contributed by atoms with Gasteiger partial charge >= 0.3 is 6.18 Å². The monoisotopic (exact) mass is 439 g/mol. The van der Waals surface area contributed by atoms with E-state index in [1.807, 2.05) is 0 Å². The predicted octanol–water partition coefficient (Wildman–Crippen LogP) is 4.67. The highest BCUT2D eigenvalue weighted by molar-refractivity contribution is 6.31. The first-order valence-corrected chi connectivity index (χ1v) is 9.54. The Morgan fingerprint density at radius 2 is 1.73 bits per heavy atom. The first-order chi connectivity index (χ1) is 14.0. The van der Waals surface area contributed by atoms with Gasteiger partial charge in [-0.3, -0.25) is 14.2 Å². The summed E-state index contributed by atoms with van der Waals surface area (Å²) in [6, 6.07) is 5.10. The number of amides is 1. The van der Waals surface area contributed by atoms with Gasteiger partial charge in [-0.1, -0.05) is 23.7 Å². The molecule has 1 amide bonds. The van der Waals surface area contributed by atoms with Crippen molar-refractivity contribution in [2.45, 2.75) is 47.0 Å². The van der Waals surface area contributed by atoms with E-state index in [-0.39, 0.29) is 19.0 Å². The third-order valence-corrected chi connectivity index (χ3v) is 5.37. The van der Waals surface area contributed by atoms with Crippen molar-refractivity contribution >= 4 is 23.2 Å². The summed E-state index contributed by atoms with van der Waals surface area (Å²) < 4.78 is 41.9. The second-order valence-electron chi connectivity index (χ2n) is 7.09. The Hall–Kier alpha value is -2.81. The molecule has 3 rings (SSSR count). The minimum atomic E-state index is -4.41. The normalized spacial score (nSPS) is 11.7.